The molecule has 0 aliphatic heterocycles. The number of phenols is 2. The number of ketones is 1. The summed E-state index contributed by atoms with van der Waals surface area (Å²) in [6, 6.07) is 19.1. The number of benzene rings is 3. The second kappa shape index (κ2) is 8.01. The highest BCUT2D eigenvalue weighted by Gasteiger charge is 2.09. The summed E-state index contributed by atoms with van der Waals surface area (Å²) in [5.41, 5.74) is 1.28. The van der Waals surface area contributed by atoms with Gasteiger partial charge in [0.2, 0.25) is 0 Å². The van der Waals surface area contributed by atoms with Crippen molar-refractivity contribution in [2.75, 3.05) is 0 Å². The number of allylic oxidation sites excluding steroid dienone is 1. The Morgan fingerprint density at radius 1 is 0.852 bits per heavy atom. The Bertz CT molecular complexity index is 989. The molecule has 0 saturated heterocycles. The summed E-state index contributed by atoms with van der Waals surface area (Å²) in [6.45, 7) is 0. The predicted octanol–water partition coefficient (Wildman–Crippen LogP) is 4.21. The van der Waals surface area contributed by atoms with Crippen LogP contribution < -0.4 is 4.74 Å². The molecule has 134 valence electrons. The fourth-order valence-corrected chi connectivity index (χ4v) is 2.38. The molecule has 0 unspecified atom stereocenters. The molecule has 0 bridgehead atoms. The lowest BCUT2D eigenvalue weighted by Crippen LogP contribution is -2.07. The van der Waals surface area contributed by atoms with Gasteiger partial charge in [0.25, 0.3) is 0 Å². The third kappa shape index (κ3) is 4.61. The van der Waals surface area contributed by atoms with Gasteiger partial charge in [0.1, 0.15) is 17.2 Å². The van der Waals surface area contributed by atoms with Crippen LogP contribution in [-0.2, 0) is 0 Å². The van der Waals surface area contributed by atoms with Gasteiger partial charge in [-0.1, -0.05) is 36.4 Å². The number of phenolic OH excluding ortho intramolecular Hbond substituents is 2. The second-order valence-corrected chi connectivity index (χ2v) is 5.72. The Balaban J connectivity index is 1.66. The van der Waals surface area contributed by atoms with Crippen LogP contribution in [0, 0.1) is 0 Å². The molecule has 3 aromatic rings. The Kier molecular flexibility index (Phi) is 5.33. The largest absolute Gasteiger partial charge is 0.508 e. The van der Waals surface area contributed by atoms with Crippen molar-refractivity contribution in [2.24, 2.45) is 0 Å². The number of hydrogen-bond donors (Lipinski definition) is 2. The minimum Gasteiger partial charge on any atom is -0.508 e. The lowest BCUT2D eigenvalue weighted by molar-refractivity contribution is 0.0734. The molecule has 0 aromatic heterocycles. The quantitative estimate of drug-likeness (QED) is 0.308. The summed E-state index contributed by atoms with van der Waals surface area (Å²) < 4.78 is 5.29. The highest BCUT2D eigenvalue weighted by molar-refractivity contribution is 6.08. The van der Waals surface area contributed by atoms with Gasteiger partial charge in [0.15, 0.2) is 5.78 Å². The maximum Gasteiger partial charge on any atom is 0.343 e. The van der Waals surface area contributed by atoms with Crippen molar-refractivity contribution in [3.05, 3.63) is 95.6 Å². The lowest BCUT2D eigenvalue weighted by Gasteiger charge is -2.04. The normalized spacial score (nSPS) is 10.7. The highest BCUT2D eigenvalue weighted by Crippen LogP contribution is 2.23. The van der Waals surface area contributed by atoms with E-state index in [2.05, 4.69) is 0 Å². The number of rotatable bonds is 5. The predicted molar refractivity (Wildman–Crippen MR) is 101 cm³/mol. The number of aromatic hydroxyl groups is 2. The van der Waals surface area contributed by atoms with E-state index < -0.39 is 11.8 Å². The van der Waals surface area contributed by atoms with Crippen molar-refractivity contribution in [2.45, 2.75) is 0 Å². The van der Waals surface area contributed by atoms with Crippen LogP contribution in [0.25, 0.3) is 6.08 Å². The minimum atomic E-state index is -0.447. The molecule has 0 radical (unpaired) electrons. The lowest BCUT2D eigenvalue weighted by atomic mass is 10.1. The van der Waals surface area contributed by atoms with E-state index in [-0.39, 0.29) is 17.1 Å². The highest BCUT2D eigenvalue weighted by atomic mass is 16.5. The van der Waals surface area contributed by atoms with Gasteiger partial charge >= 0.3 is 5.97 Å². The van der Waals surface area contributed by atoms with E-state index in [4.69, 9.17) is 4.74 Å². The molecule has 0 aliphatic carbocycles. The monoisotopic (exact) mass is 360 g/mol. The van der Waals surface area contributed by atoms with E-state index in [1.807, 2.05) is 6.07 Å². The molecule has 3 aromatic carbocycles. The van der Waals surface area contributed by atoms with Gasteiger partial charge in [0.05, 0.1) is 11.1 Å². The van der Waals surface area contributed by atoms with Crippen LogP contribution in [0.5, 0.6) is 17.2 Å². The standard InChI is InChI=1S/C22H16O5/c23-17-9-12-19(21(25)14-17)20(24)13-8-15-6-10-18(11-7-15)27-22(26)16-4-2-1-3-5-16/h1-14,23,25H/b13-8+. The zero-order valence-corrected chi connectivity index (χ0v) is 14.2. The second-order valence-electron chi connectivity index (χ2n) is 5.72. The number of carbonyl (C=O) groups excluding carboxylic acids is 2. The van der Waals surface area contributed by atoms with Crippen molar-refractivity contribution < 1.29 is 24.5 Å². The topological polar surface area (TPSA) is 83.8 Å². The van der Waals surface area contributed by atoms with E-state index in [1.165, 1.54) is 18.2 Å². The smallest absolute Gasteiger partial charge is 0.343 e. The molecule has 0 amide bonds. The van der Waals surface area contributed by atoms with Crippen molar-refractivity contribution in [3.8, 4) is 17.2 Å². The van der Waals surface area contributed by atoms with Crippen LogP contribution in [-0.4, -0.2) is 22.0 Å². The first-order valence-corrected chi connectivity index (χ1v) is 8.14. The van der Waals surface area contributed by atoms with E-state index in [0.717, 1.165) is 11.6 Å². The molecule has 0 heterocycles. The molecule has 0 fully saturated rings. The summed E-state index contributed by atoms with van der Waals surface area (Å²) in [6.07, 6.45) is 2.90. The third-order valence-corrected chi connectivity index (χ3v) is 3.77. The molecule has 5 nitrogen and oxygen atoms in total. The zero-order valence-electron chi connectivity index (χ0n) is 14.2. The van der Waals surface area contributed by atoms with Gasteiger partial charge in [-0.25, -0.2) is 4.79 Å². The molecule has 3 rings (SSSR count). The molecule has 0 saturated carbocycles. The molecule has 0 atom stereocenters. The molecule has 0 spiro atoms. The Morgan fingerprint density at radius 3 is 2.22 bits per heavy atom. The van der Waals surface area contributed by atoms with E-state index >= 15 is 0 Å². The Morgan fingerprint density at radius 2 is 1.56 bits per heavy atom. The Labute approximate surface area is 155 Å². The van der Waals surface area contributed by atoms with Gasteiger partial charge in [-0.2, -0.15) is 0 Å². The summed E-state index contributed by atoms with van der Waals surface area (Å²) in [7, 11) is 0. The van der Waals surface area contributed by atoms with Crippen LogP contribution in [0.1, 0.15) is 26.3 Å². The van der Waals surface area contributed by atoms with Crippen LogP contribution in [0.2, 0.25) is 0 Å². The van der Waals surface area contributed by atoms with Gasteiger partial charge < -0.3 is 14.9 Å². The van der Waals surface area contributed by atoms with Crippen molar-refractivity contribution in [1.82, 2.24) is 0 Å². The van der Waals surface area contributed by atoms with E-state index in [9.17, 15) is 19.8 Å². The number of hydrogen-bond acceptors (Lipinski definition) is 5. The average Bonchev–Trinajstić information content (AvgIpc) is 2.68. The van der Waals surface area contributed by atoms with Gasteiger partial charge in [-0.05, 0) is 48.0 Å². The molecule has 5 heteroatoms. The number of carbonyl (C=O) groups is 2. The summed E-state index contributed by atoms with van der Waals surface area (Å²) in [4.78, 5) is 24.1. The SMILES string of the molecule is O=C(Oc1ccc(/C=C/C(=O)c2ccc(O)cc2O)cc1)c1ccccc1. The number of ether oxygens (including phenoxy) is 1. The summed E-state index contributed by atoms with van der Waals surface area (Å²) in [5, 5.41) is 19.0. The van der Waals surface area contributed by atoms with Crippen molar-refractivity contribution >= 4 is 17.8 Å². The Hall–Kier alpha value is -3.86. The summed E-state index contributed by atoms with van der Waals surface area (Å²) >= 11 is 0. The van der Waals surface area contributed by atoms with Gasteiger partial charge in [0, 0.05) is 6.07 Å². The zero-order chi connectivity index (χ0) is 19.2. The first kappa shape index (κ1) is 17.9. The van der Waals surface area contributed by atoms with Gasteiger partial charge in [-0.15, -0.1) is 0 Å². The molecule has 2 N–H and O–H groups in total. The molecule has 27 heavy (non-hydrogen) atoms. The van der Waals surface area contributed by atoms with E-state index in [1.54, 1.807) is 54.6 Å². The minimum absolute atomic E-state index is 0.0949. The first-order valence-electron chi connectivity index (χ1n) is 8.14. The molecular weight excluding hydrogens is 344 g/mol. The number of esters is 1. The fourth-order valence-electron chi connectivity index (χ4n) is 2.38. The van der Waals surface area contributed by atoms with Crippen LogP contribution in [0.4, 0.5) is 0 Å². The molecular formula is C22H16O5. The molecule has 0 aliphatic rings. The average molecular weight is 360 g/mol. The van der Waals surface area contributed by atoms with Crippen molar-refractivity contribution in [1.29, 1.82) is 0 Å². The van der Waals surface area contributed by atoms with E-state index in [0.29, 0.717) is 11.3 Å². The maximum absolute atomic E-state index is 12.1. The third-order valence-electron chi connectivity index (χ3n) is 3.77. The fraction of sp³-hybridized carbons (Fsp3) is 0. The van der Waals surface area contributed by atoms with Crippen LogP contribution in [0.3, 0.4) is 0 Å². The van der Waals surface area contributed by atoms with Crippen molar-refractivity contribution in [3.63, 3.8) is 0 Å². The summed E-state index contributed by atoms with van der Waals surface area (Å²) in [5.74, 6) is -0.853. The maximum atomic E-state index is 12.1. The van der Waals surface area contributed by atoms with Crippen LogP contribution >= 0.6 is 0 Å². The first-order chi connectivity index (χ1) is 13.0. The van der Waals surface area contributed by atoms with Crippen LogP contribution in [0.15, 0.2) is 78.9 Å². The van der Waals surface area contributed by atoms with Gasteiger partial charge in [-0.3, -0.25) is 4.79 Å².